The second-order valence-corrected chi connectivity index (χ2v) is 8.47. The van der Waals surface area contributed by atoms with E-state index in [2.05, 4.69) is 56.3 Å². The van der Waals surface area contributed by atoms with Crippen molar-refractivity contribution >= 4 is 23.7 Å². The van der Waals surface area contributed by atoms with E-state index < -0.39 is 0 Å². The summed E-state index contributed by atoms with van der Waals surface area (Å²) in [6, 6.07) is 11.4. The van der Waals surface area contributed by atoms with Gasteiger partial charge in [0.25, 0.3) is 0 Å². The molecule has 152 valence electrons. The van der Waals surface area contributed by atoms with Crippen molar-refractivity contribution in [3.63, 3.8) is 0 Å². The van der Waals surface area contributed by atoms with Gasteiger partial charge in [0.1, 0.15) is 5.82 Å². The molecule has 0 saturated heterocycles. The minimum atomic E-state index is 0.388. The summed E-state index contributed by atoms with van der Waals surface area (Å²) >= 11 is 1.73. The van der Waals surface area contributed by atoms with Gasteiger partial charge in [-0.25, -0.2) is 9.97 Å². The molecule has 0 bridgehead atoms. The molecular weight excluding hydrogens is 382 g/mol. The summed E-state index contributed by atoms with van der Waals surface area (Å²) in [6.45, 7) is 2.11. The van der Waals surface area contributed by atoms with Crippen molar-refractivity contribution in [3.05, 3.63) is 48.3 Å². The number of anilines is 2. The SMILES string of the molecule is Cc1ccc(SNC2CCC(Nc3nccc(-c4cnn(C)c4N)n3)CC2)cc1. The summed E-state index contributed by atoms with van der Waals surface area (Å²) in [5.41, 5.74) is 8.99. The minimum Gasteiger partial charge on any atom is -0.383 e. The van der Waals surface area contributed by atoms with Gasteiger partial charge in [-0.1, -0.05) is 17.7 Å². The van der Waals surface area contributed by atoms with Crippen molar-refractivity contribution in [2.24, 2.45) is 7.05 Å². The van der Waals surface area contributed by atoms with Crippen molar-refractivity contribution in [1.82, 2.24) is 24.5 Å². The van der Waals surface area contributed by atoms with Crippen LogP contribution in [0.1, 0.15) is 31.2 Å². The molecule has 2 heterocycles. The highest BCUT2D eigenvalue weighted by atomic mass is 32.2. The molecule has 4 rings (SSSR count). The Hall–Kier alpha value is -2.58. The fourth-order valence-electron chi connectivity index (χ4n) is 3.52. The molecule has 1 fully saturated rings. The van der Waals surface area contributed by atoms with Crippen molar-refractivity contribution < 1.29 is 0 Å². The highest BCUT2D eigenvalue weighted by Gasteiger charge is 2.22. The number of hydrogen-bond acceptors (Lipinski definition) is 7. The van der Waals surface area contributed by atoms with Crippen LogP contribution < -0.4 is 15.8 Å². The number of nitrogens with two attached hydrogens (primary N) is 1. The Labute approximate surface area is 175 Å². The number of benzene rings is 1. The van der Waals surface area contributed by atoms with Gasteiger partial charge in [0, 0.05) is 30.2 Å². The molecule has 0 aliphatic heterocycles. The number of aromatic nitrogens is 4. The molecule has 29 heavy (non-hydrogen) atoms. The van der Waals surface area contributed by atoms with Crippen LogP contribution in [0.3, 0.4) is 0 Å². The van der Waals surface area contributed by atoms with Gasteiger partial charge in [-0.05, 0) is 62.8 Å². The third kappa shape index (κ3) is 4.89. The number of nitrogens with zero attached hydrogens (tertiary/aromatic N) is 4. The van der Waals surface area contributed by atoms with Crippen LogP contribution >= 0.6 is 11.9 Å². The largest absolute Gasteiger partial charge is 0.383 e. The van der Waals surface area contributed by atoms with Crippen LogP contribution in [0.15, 0.2) is 47.6 Å². The molecule has 1 saturated carbocycles. The highest BCUT2D eigenvalue weighted by Crippen LogP contribution is 2.26. The average molecular weight is 410 g/mol. The quantitative estimate of drug-likeness (QED) is 0.533. The lowest BCUT2D eigenvalue weighted by Gasteiger charge is -2.29. The van der Waals surface area contributed by atoms with Gasteiger partial charge in [0.15, 0.2) is 0 Å². The van der Waals surface area contributed by atoms with E-state index in [-0.39, 0.29) is 0 Å². The van der Waals surface area contributed by atoms with E-state index in [4.69, 9.17) is 5.73 Å². The van der Waals surface area contributed by atoms with E-state index in [0.29, 0.717) is 23.8 Å². The Balaban J connectivity index is 1.29. The van der Waals surface area contributed by atoms with Gasteiger partial charge in [0.2, 0.25) is 5.95 Å². The fraction of sp³-hybridized carbons (Fsp3) is 0.381. The molecule has 1 aliphatic rings. The van der Waals surface area contributed by atoms with Crippen LogP contribution in [0.25, 0.3) is 11.3 Å². The number of nitrogen functional groups attached to an aromatic ring is 1. The van der Waals surface area contributed by atoms with Crippen LogP contribution in [0.5, 0.6) is 0 Å². The Morgan fingerprint density at radius 3 is 2.48 bits per heavy atom. The van der Waals surface area contributed by atoms with Crippen LogP contribution in [0, 0.1) is 6.92 Å². The van der Waals surface area contributed by atoms with Crippen LogP contribution in [0.4, 0.5) is 11.8 Å². The maximum atomic E-state index is 6.07. The average Bonchev–Trinajstić information content (AvgIpc) is 3.07. The second-order valence-electron chi connectivity index (χ2n) is 7.56. The molecule has 2 aromatic heterocycles. The van der Waals surface area contributed by atoms with E-state index in [9.17, 15) is 0 Å². The first-order chi connectivity index (χ1) is 14.1. The molecule has 0 amide bonds. The Morgan fingerprint density at radius 1 is 1.07 bits per heavy atom. The van der Waals surface area contributed by atoms with Gasteiger partial charge in [-0.2, -0.15) is 5.10 Å². The van der Waals surface area contributed by atoms with Crippen molar-refractivity contribution in [1.29, 1.82) is 0 Å². The summed E-state index contributed by atoms with van der Waals surface area (Å²) in [5.74, 6) is 1.25. The molecule has 0 unspecified atom stereocenters. The lowest BCUT2D eigenvalue weighted by molar-refractivity contribution is 0.395. The molecular formula is C21H27N7S. The van der Waals surface area contributed by atoms with E-state index in [1.165, 1.54) is 10.5 Å². The minimum absolute atomic E-state index is 0.388. The molecule has 7 nitrogen and oxygen atoms in total. The predicted molar refractivity (Wildman–Crippen MR) is 118 cm³/mol. The predicted octanol–water partition coefficient (Wildman–Crippen LogP) is 3.79. The van der Waals surface area contributed by atoms with Gasteiger partial charge in [-0.3, -0.25) is 9.40 Å². The molecule has 8 heteroatoms. The molecule has 1 aliphatic carbocycles. The molecule has 0 spiro atoms. The summed E-state index contributed by atoms with van der Waals surface area (Å²) in [4.78, 5) is 10.3. The third-order valence-electron chi connectivity index (χ3n) is 5.34. The number of aryl methyl sites for hydroxylation is 2. The van der Waals surface area contributed by atoms with Crippen LogP contribution in [-0.2, 0) is 7.05 Å². The Kier molecular flexibility index (Phi) is 6.01. The third-order valence-corrected chi connectivity index (χ3v) is 6.30. The first-order valence-electron chi connectivity index (χ1n) is 9.95. The molecule has 1 aromatic carbocycles. The lowest BCUT2D eigenvalue weighted by atomic mass is 9.92. The summed E-state index contributed by atoms with van der Waals surface area (Å²) in [5, 5.41) is 7.68. The Morgan fingerprint density at radius 2 is 1.79 bits per heavy atom. The van der Waals surface area contributed by atoms with Crippen molar-refractivity contribution in [2.45, 2.75) is 49.6 Å². The Bertz CT molecular complexity index is 946. The first-order valence-corrected chi connectivity index (χ1v) is 10.8. The first kappa shape index (κ1) is 19.7. The van der Waals surface area contributed by atoms with E-state index >= 15 is 0 Å². The normalized spacial score (nSPS) is 19.2. The van der Waals surface area contributed by atoms with Crippen molar-refractivity contribution in [3.8, 4) is 11.3 Å². The molecule has 0 atom stereocenters. The zero-order chi connectivity index (χ0) is 20.2. The summed E-state index contributed by atoms with van der Waals surface area (Å²) in [6.07, 6.45) is 7.95. The second kappa shape index (κ2) is 8.84. The highest BCUT2D eigenvalue weighted by molar-refractivity contribution is 7.97. The standard InChI is InChI=1S/C21H27N7S/c1-14-3-9-17(10-4-14)29-27-16-7-5-15(6-8-16)25-21-23-12-11-19(26-21)18-13-24-28(2)20(18)22/h3-4,9-13,15-16,27H,5-8,22H2,1-2H3,(H,23,25,26). The zero-order valence-corrected chi connectivity index (χ0v) is 17.6. The van der Waals surface area contributed by atoms with Crippen LogP contribution in [0.2, 0.25) is 0 Å². The van der Waals surface area contributed by atoms with Gasteiger partial charge < -0.3 is 11.1 Å². The summed E-state index contributed by atoms with van der Waals surface area (Å²) in [7, 11) is 1.82. The van der Waals surface area contributed by atoms with Crippen molar-refractivity contribution in [2.75, 3.05) is 11.1 Å². The number of rotatable bonds is 6. The van der Waals surface area contributed by atoms with E-state index in [0.717, 1.165) is 36.9 Å². The maximum Gasteiger partial charge on any atom is 0.223 e. The monoisotopic (exact) mass is 409 g/mol. The lowest BCUT2D eigenvalue weighted by Crippen LogP contribution is -2.34. The number of nitrogens with one attached hydrogen (secondary N) is 2. The molecule has 0 radical (unpaired) electrons. The van der Waals surface area contributed by atoms with Crippen LogP contribution in [-0.4, -0.2) is 31.8 Å². The summed E-state index contributed by atoms with van der Waals surface area (Å²) < 4.78 is 5.26. The maximum absolute atomic E-state index is 6.07. The number of hydrogen-bond donors (Lipinski definition) is 3. The van der Waals surface area contributed by atoms with Gasteiger partial charge in [0.05, 0.1) is 17.5 Å². The van der Waals surface area contributed by atoms with Gasteiger partial charge >= 0.3 is 0 Å². The smallest absolute Gasteiger partial charge is 0.223 e. The fourth-order valence-corrected chi connectivity index (χ4v) is 4.33. The topological polar surface area (TPSA) is 93.7 Å². The van der Waals surface area contributed by atoms with Gasteiger partial charge in [-0.15, -0.1) is 0 Å². The van der Waals surface area contributed by atoms with E-state index in [1.54, 1.807) is 29.0 Å². The molecule has 4 N–H and O–H groups in total. The zero-order valence-electron chi connectivity index (χ0n) is 16.8. The van der Waals surface area contributed by atoms with E-state index in [1.807, 2.05) is 13.1 Å². The molecule has 3 aromatic rings.